The lowest BCUT2D eigenvalue weighted by Crippen LogP contribution is -2.50. The Morgan fingerprint density at radius 2 is 1.93 bits per heavy atom. The fourth-order valence-electron chi connectivity index (χ4n) is 4.41. The molecule has 0 aromatic heterocycles. The predicted molar refractivity (Wildman–Crippen MR) is 99.7 cm³/mol. The zero-order valence-electron chi connectivity index (χ0n) is 16.1. The Kier molecular flexibility index (Phi) is 5.52. The van der Waals surface area contributed by atoms with Crippen LogP contribution in [0.2, 0.25) is 0 Å². The van der Waals surface area contributed by atoms with Gasteiger partial charge >= 0.3 is 6.03 Å². The number of carbonyl (C=O) groups is 3. The van der Waals surface area contributed by atoms with Gasteiger partial charge in [0.25, 0.3) is 5.91 Å². The maximum Gasteiger partial charge on any atom is 0.325 e. The van der Waals surface area contributed by atoms with Crippen LogP contribution in [0.3, 0.4) is 0 Å². The standard InChI is InChI=1S/C18H29N3O5S/c1-13(2)10-20(14-6-9-27(25,26)12-14)15(22)11-21-16(23)18(19-17(21)24)7-4-3-5-8-18/h13-14H,3-12H2,1-2H3,(H,19,24)/t14-/m0/s1. The number of nitrogens with zero attached hydrogens (tertiary/aromatic N) is 2. The maximum atomic E-state index is 13.0. The van der Waals surface area contributed by atoms with Gasteiger partial charge in [0.1, 0.15) is 12.1 Å². The summed E-state index contributed by atoms with van der Waals surface area (Å²) in [6.45, 7) is 3.99. The largest absolute Gasteiger partial charge is 0.337 e. The van der Waals surface area contributed by atoms with Crippen LogP contribution in [0, 0.1) is 5.92 Å². The molecule has 3 fully saturated rings. The van der Waals surface area contributed by atoms with Crippen LogP contribution in [0.1, 0.15) is 52.4 Å². The van der Waals surface area contributed by atoms with Crippen LogP contribution in [-0.4, -0.2) is 72.2 Å². The summed E-state index contributed by atoms with van der Waals surface area (Å²) in [7, 11) is -3.13. The van der Waals surface area contributed by atoms with E-state index in [1.54, 1.807) is 4.90 Å². The van der Waals surface area contributed by atoms with Gasteiger partial charge in [0.2, 0.25) is 5.91 Å². The highest BCUT2D eigenvalue weighted by Crippen LogP contribution is 2.33. The molecule has 1 N–H and O–H groups in total. The number of nitrogens with one attached hydrogen (secondary N) is 1. The molecule has 2 aliphatic heterocycles. The highest BCUT2D eigenvalue weighted by molar-refractivity contribution is 7.91. The third kappa shape index (κ3) is 4.12. The van der Waals surface area contributed by atoms with Crippen molar-refractivity contribution >= 4 is 27.7 Å². The lowest BCUT2D eigenvalue weighted by molar-refractivity contribution is -0.140. The van der Waals surface area contributed by atoms with Gasteiger partial charge in [0, 0.05) is 12.6 Å². The van der Waals surface area contributed by atoms with Crippen molar-refractivity contribution in [3.05, 3.63) is 0 Å². The predicted octanol–water partition coefficient (Wildman–Crippen LogP) is 0.913. The number of carbonyl (C=O) groups excluding carboxylic acids is 3. The number of sulfone groups is 1. The van der Waals surface area contributed by atoms with E-state index in [0.29, 0.717) is 25.8 Å². The van der Waals surface area contributed by atoms with Crippen LogP contribution < -0.4 is 5.32 Å². The summed E-state index contributed by atoms with van der Waals surface area (Å²) in [5.41, 5.74) is -0.852. The van der Waals surface area contributed by atoms with Crippen molar-refractivity contribution < 1.29 is 22.8 Å². The molecule has 152 valence electrons. The molecule has 1 saturated carbocycles. The van der Waals surface area contributed by atoms with E-state index < -0.39 is 21.4 Å². The van der Waals surface area contributed by atoms with Crippen LogP contribution in [0.25, 0.3) is 0 Å². The van der Waals surface area contributed by atoms with Gasteiger partial charge in [-0.3, -0.25) is 14.5 Å². The van der Waals surface area contributed by atoms with Crippen LogP contribution in [0.4, 0.5) is 4.79 Å². The third-order valence-corrected chi connectivity index (χ3v) is 7.53. The van der Waals surface area contributed by atoms with E-state index in [4.69, 9.17) is 0 Å². The second kappa shape index (κ2) is 7.41. The molecule has 2 heterocycles. The minimum absolute atomic E-state index is 0.0461. The fourth-order valence-corrected chi connectivity index (χ4v) is 6.14. The monoisotopic (exact) mass is 399 g/mol. The molecule has 4 amide bonds. The smallest absolute Gasteiger partial charge is 0.325 e. The van der Waals surface area contributed by atoms with E-state index >= 15 is 0 Å². The Bertz CT molecular complexity index is 727. The first-order valence-electron chi connectivity index (χ1n) is 9.77. The van der Waals surface area contributed by atoms with Crippen molar-refractivity contribution in [1.82, 2.24) is 15.1 Å². The zero-order chi connectivity index (χ0) is 19.8. The Balaban J connectivity index is 1.73. The molecule has 0 aromatic rings. The van der Waals surface area contributed by atoms with Crippen molar-refractivity contribution in [2.24, 2.45) is 5.92 Å². The first-order chi connectivity index (χ1) is 12.6. The molecular formula is C18H29N3O5S. The number of rotatable bonds is 5. The quantitative estimate of drug-likeness (QED) is 0.692. The molecule has 0 aromatic carbocycles. The summed E-state index contributed by atoms with van der Waals surface area (Å²) in [5.74, 6) is -0.488. The number of imide groups is 1. The molecule has 0 radical (unpaired) electrons. The number of hydrogen-bond donors (Lipinski definition) is 1. The molecule has 1 aliphatic carbocycles. The Hall–Kier alpha value is -1.64. The van der Waals surface area contributed by atoms with Gasteiger partial charge in [-0.05, 0) is 25.2 Å². The Labute approximate surface area is 160 Å². The van der Waals surface area contributed by atoms with Gasteiger partial charge in [-0.25, -0.2) is 13.2 Å². The molecule has 1 spiro atoms. The average molecular weight is 400 g/mol. The molecule has 3 rings (SSSR count). The summed E-state index contributed by atoms with van der Waals surface area (Å²) < 4.78 is 23.7. The van der Waals surface area contributed by atoms with E-state index in [1.165, 1.54) is 0 Å². The highest BCUT2D eigenvalue weighted by Gasteiger charge is 2.52. The summed E-state index contributed by atoms with van der Waals surface area (Å²) in [5, 5.41) is 2.81. The van der Waals surface area contributed by atoms with Crippen LogP contribution in [-0.2, 0) is 19.4 Å². The molecule has 2 saturated heterocycles. The lowest BCUT2D eigenvalue weighted by atomic mass is 9.82. The first-order valence-corrected chi connectivity index (χ1v) is 11.6. The molecule has 0 unspecified atom stereocenters. The normalized spacial score (nSPS) is 26.6. The van der Waals surface area contributed by atoms with Gasteiger partial charge in [0.15, 0.2) is 9.84 Å². The van der Waals surface area contributed by atoms with E-state index in [0.717, 1.165) is 24.2 Å². The summed E-state index contributed by atoms with van der Waals surface area (Å²) in [4.78, 5) is 40.8. The van der Waals surface area contributed by atoms with E-state index in [2.05, 4.69) is 5.32 Å². The van der Waals surface area contributed by atoms with Gasteiger partial charge in [-0.2, -0.15) is 0 Å². The molecule has 8 nitrogen and oxygen atoms in total. The van der Waals surface area contributed by atoms with Gasteiger partial charge in [-0.1, -0.05) is 33.1 Å². The summed E-state index contributed by atoms with van der Waals surface area (Å²) >= 11 is 0. The minimum Gasteiger partial charge on any atom is -0.337 e. The maximum absolute atomic E-state index is 13.0. The van der Waals surface area contributed by atoms with Crippen molar-refractivity contribution in [3.63, 3.8) is 0 Å². The second-order valence-electron chi connectivity index (χ2n) is 8.46. The number of amides is 4. The van der Waals surface area contributed by atoms with E-state index in [-0.39, 0.29) is 41.8 Å². The molecule has 1 atom stereocenters. The van der Waals surface area contributed by atoms with Crippen molar-refractivity contribution in [3.8, 4) is 0 Å². The van der Waals surface area contributed by atoms with Gasteiger partial charge in [-0.15, -0.1) is 0 Å². The highest BCUT2D eigenvalue weighted by atomic mass is 32.2. The molecule has 0 bridgehead atoms. The average Bonchev–Trinajstić information content (AvgIpc) is 3.05. The second-order valence-corrected chi connectivity index (χ2v) is 10.7. The molecule has 9 heteroatoms. The van der Waals surface area contributed by atoms with Crippen LogP contribution in [0.5, 0.6) is 0 Å². The Morgan fingerprint density at radius 1 is 1.26 bits per heavy atom. The minimum atomic E-state index is -3.13. The first kappa shape index (κ1) is 20.1. The van der Waals surface area contributed by atoms with Crippen LogP contribution in [0.15, 0.2) is 0 Å². The Morgan fingerprint density at radius 3 is 2.48 bits per heavy atom. The molecule has 3 aliphatic rings. The lowest BCUT2D eigenvalue weighted by Gasteiger charge is -2.32. The van der Waals surface area contributed by atoms with Gasteiger partial charge in [0.05, 0.1) is 11.5 Å². The van der Waals surface area contributed by atoms with Crippen molar-refractivity contribution in [2.75, 3.05) is 24.6 Å². The van der Waals surface area contributed by atoms with Gasteiger partial charge < -0.3 is 10.2 Å². The third-order valence-electron chi connectivity index (χ3n) is 5.78. The van der Waals surface area contributed by atoms with Crippen LogP contribution >= 0.6 is 0 Å². The topological polar surface area (TPSA) is 104 Å². The molecular weight excluding hydrogens is 370 g/mol. The number of hydrogen-bond acceptors (Lipinski definition) is 5. The van der Waals surface area contributed by atoms with Crippen molar-refractivity contribution in [2.45, 2.75) is 64.0 Å². The fraction of sp³-hybridized carbons (Fsp3) is 0.833. The van der Waals surface area contributed by atoms with E-state index in [9.17, 15) is 22.8 Å². The van der Waals surface area contributed by atoms with E-state index in [1.807, 2.05) is 13.8 Å². The number of urea groups is 1. The zero-order valence-corrected chi connectivity index (χ0v) is 16.9. The summed E-state index contributed by atoms with van der Waals surface area (Å²) in [6.07, 6.45) is 4.44. The molecule has 27 heavy (non-hydrogen) atoms. The SMILES string of the molecule is CC(C)CN(C(=O)CN1C(=O)NC2(CCCCC2)C1=O)[C@H]1CCS(=O)(=O)C1. The summed E-state index contributed by atoms with van der Waals surface area (Å²) in [6, 6.07) is -0.895. The van der Waals surface area contributed by atoms with Crippen molar-refractivity contribution in [1.29, 1.82) is 0 Å².